The SMILES string of the molecule is CCc1ccccc1NC1CCC(CC(=O)O)CC1. The van der Waals surface area contributed by atoms with Crippen LogP contribution < -0.4 is 5.32 Å². The number of carboxylic acid groups (broad SMARTS) is 1. The zero-order valence-corrected chi connectivity index (χ0v) is 11.6. The molecule has 1 aliphatic carbocycles. The molecule has 0 heterocycles. The summed E-state index contributed by atoms with van der Waals surface area (Å²) in [6, 6.07) is 8.95. The minimum atomic E-state index is -0.660. The molecule has 1 aliphatic rings. The zero-order valence-electron chi connectivity index (χ0n) is 11.6. The lowest BCUT2D eigenvalue weighted by Gasteiger charge is -2.29. The lowest BCUT2D eigenvalue weighted by Crippen LogP contribution is -2.27. The van der Waals surface area contributed by atoms with Crippen LogP contribution in [0.2, 0.25) is 0 Å². The summed E-state index contributed by atoms with van der Waals surface area (Å²) < 4.78 is 0. The maximum atomic E-state index is 10.7. The fourth-order valence-electron chi connectivity index (χ4n) is 2.95. The van der Waals surface area contributed by atoms with Crippen LogP contribution in [0.3, 0.4) is 0 Å². The van der Waals surface area contributed by atoms with Crippen molar-refractivity contribution in [1.29, 1.82) is 0 Å². The molecule has 1 fully saturated rings. The maximum absolute atomic E-state index is 10.7. The summed E-state index contributed by atoms with van der Waals surface area (Å²) in [7, 11) is 0. The average Bonchev–Trinajstić information content (AvgIpc) is 2.41. The Kier molecular flexibility index (Phi) is 4.83. The number of hydrogen-bond acceptors (Lipinski definition) is 2. The number of nitrogens with one attached hydrogen (secondary N) is 1. The van der Waals surface area contributed by atoms with Gasteiger partial charge in [0.1, 0.15) is 0 Å². The quantitative estimate of drug-likeness (QED) is 0.849. The minimum absolute atomic E-state index is 0.332. The summed E-state index contributed by atoms with van der Waals surface area (Å²) in [6.07, 6.45) is 5.58. The van der Waals surface area contributed by atoms with Gasteiger partial charge in [-0.1, -0.05) is 25.1 Å². The van der Waals surface area contributed by atoms with E-state index < -0.39 is 5.97 Å². The van der Waals surface area contributed by atoms with E-state index in [1.54, 1.807) is 0 Å². The Morgan fingerprint density at radius 3 is 2.58 bits per heavy atom. The van der Waals surface area contributed by atoms with Crippen LogP contribution in [-0.4, -0.2) is 17.1 Å². The van der Waals surface area contributed by atoms with E-state index in [4.69, 9.17) is 5.11 Å². The number of aryl methyl sites for hydroxylation is 1. The van der Waals surface area contributed by atoms with E-state index in [1.165, 1.54) is 11.3 Å². The van der Waals surface area contributed by atoms with Crippen molar-refractivity contribution in [3.05, 3.63) is 29.8 Å². The first kappa shape index (κ1) is 13.9. The summed E-state index contributed by atoms with van der Waals surface area (Å²) in [6.45, 7) is 2.17. The van der Waals surface area contributed by atoms with Gasteiger partial charge in [-0.25, -0.2) is 0 Å². The Hall–Kier alpha value is -1.51. The third kappa shape index (κ3) is 3.98. The molecule has 0 aromatic heterocycles. The molecule has 3 heteroatoms. The molecule has 0 aliphatic heterocycles. The van der Waals surface area contributed by atoms with Crippen LogP contribution in [-0.2, 0) is 11.2 Å². The third-order valence-electron chi connectivity index (χ3n) is 4.07. The Morgan fingerprint density at radius 2 is 1.95 bits per heavy atom. The summed E-state index contributed by atoms with van der Waals surface area (Å²) in [5, 5.41) is 12.4. The van der Waals surface area contributed by atoms with Crippen LogP contribution in [0.1, 0.15) is 44.6 Å². The molecule has 1 saturated carbocycles. The van der Waals surface area contributed by atoms with Crippen molar-refractivity contribution >= 4 is 11.7 Å². The zero-order chi connectivity index (χ0) is 13.7. The highest BCUT2D eigenvalue weighted by atomic mass is 16.4. The molecule has 1 aromatic rings. The van der Waals surface area contributed by atoms with Crippen LogP contribution in [0.5, 0.6) is 0 Å². The van der Waals surface area contributed by atoms with E-state index in [-0.39, 0.29) is 0 Å². The Balaban J connectivity index is 1.87. The lowest BCUT2D eigenvalue weighted by atomic mass is 9.84. The highest BCUT2D eigenvalue weighted by Gasteiger charge is 2.23. The molecule has 104 valence electrons. The average molecular weight is 261 g/mol. The number of aliphatic carboxylic acids is 1. The molecule has 0 unspecified atom stereocenters. The number of para-hydroxylation sites is 1. The van der Waals surface area contributed by atoms with Gasteiger partial charge in [-0.05, 0) is 49.7 Å². The number of benzene rings is 1. The fourth-order valence-corrected chi connectivity index (χ4v) is 2.95. The smallest absolute Gasteiger partial charge is 0.303 e. The number of carbonyl (C=O) groups is 1. The van der Waals surface area contributed by atoms with Gasteiger partial charge in [0, 0.05) is 18.2 Å². The first-order valence-electron chi connectivity index (χ1n) is 7.25. The molecule has 0 saturated heterocycles. The van der Waals surface area contributed by atoms with Gasteiger partial charge >= 0.3 is 5.97 Å². The molecular formula is C16H23NO2. The lowest BCUT2D eigenvalue weighted by molar-refractivity contribution is -0.138. The van der Waals surface area contributed by atoms with Gasteiger partial charge in [0.25, 0.3) is 0 Å². The van der Waals surface area contributed by atoms with Crippen molar-refractivity contribution in [3.63, 3.8) is 0 Å². The molecule has 2 N–H and O–H groups in total. The van der Waals surface area contributed by atoms with E-state index in [9.17, 15) is 4.79 Å². The number of anilines is 1. The first-order chi connectivity index (χ1) is 9.19. The van der Waals surface area contributed by atoms with Gasteiger partial charge in [0.15, 0.2) is 0 Å². The maximum Gasteiger partial charge on any atom is 0.303 e. The van der Waals surface area contributed by atoms with Gasteiger partial charge in [0.2, 0.25) is 0 Å². The van der Waals surface area contributed by atoms with Gasteiger partial charge < -0.3 is 10.4 Å². The van der Waals surface area contributed by atoms with Gasteiger partial charge in [0.05, 0.1) is 0 Å². The Labute approximate surface area is 115 Å². The topological polar surface area (TPSA) is 49.3 Å². The minimum Gasteiger partial charge on any atom is -0.481 e. The molecule has 0 amide bonds. The molecule has 1 aromatic carbocycles. The molecule has 2 rings (SSSR count). The molecule has 0 spiro atoms. The van der Waals surface area contributed by atoms with Crippen molar-refractivity contribution in [3.8, 4) is 0 Å². The standard InChI is InChI=1S/C16H23NO2/c1-2-13-5-3-4-6-15(13)17-14-9-7-12(8-10-14)11-16(18)19/h3-6,12,14,17H,2,7-11H2,1H3,(H,18,19). The molecule has 19 heavy (non-hydrogen) atoms. The first-order valence-corrected chi connectivity index (χ1v) is 7.25. The van der Waals surface area contributed by atoms with E-state index in [2.05, 4.69) is 36.5 Å². The van der Waals surface area contributed by atoms with E-state index in [0.29, 0.717) is 18.4 Å². The van der Waals surface area contributed by atoms with Crippen molar-refractivity contribution in [1.82, 2.24) is 0 Å². The molecule has 3 nitrogen and oxygen atoms in total. The van der Waals surface area contributed by atoms with Crippen LogP contribution in [0.25, 0.3) is 0 Å². The Bertz CT molecular complexity index is 423. The number of carboxylic acids is 1. The predicted molar refractivity (Wildman–Crippen MR) is 77.4 cm³/mol. The van der Waals surface area contributed by atoms with Crippen LogP contribution in [0.4, 0.5) is 5.69 Å². The second kappa shape index (κ2) is 6.60. The summed E-state index contributed by atoms with van der Waals surface area (Å²) in [4.78, 5) is 10.7. The normalized spacial score (nSPS) is 23.0. The Morgan fingerprint density at radius 1 is 1.26 bits per heavy atom. The van der Waals surface area contributed by atoms with Gasteiger partial charge in [-0.3, -0.25) is 4.79 Å². The highest BCUT2D eigenvalue weighted by Crippen LogP contribution is 2.29. The van der Waals surface area contributed by atoms with E-state index in [1.807, 2.05) is 0 Å². The van der Waals surface area contributed by atoms with Crippen molar-refractivity contribution in [2.24, 2.45) is 5.92 Å². The van der Waals surface area contributed by atoms with E-state index in [0.717, 1.165) is 32.1 Å². The van der Waals surface area contributed by atoms with Crippen molar-refractivity contribution < 1.29 is 9.90 Å². The number of rotatable bonds is 5. The second-order valence-electron chi connectivity index (χ2n) is 5.47. The van der Waals surface area contributed by atoms with Crippen LogP contribution in [0, 0.1) is 5.92 Å². The van der Waals surface area contributed by atoms with E-state index >= 15 is 0 Å². The summed E-state index contributed by atoms with van der Waals surface area (Å²) in [5.74, 6) is -0.287. The molecule has 0 bridgehead atoms. The van der Waals surface area contributed by atoms with Gasteiger partial charge in [-0.15, -0.1) is 0 Å². The van der Waals surface area contributed by atoms with Crippen molar-refractivity contribution in [2.75, 3.05) is 5.32 Å². The molecule has 0 atom stereocenters. The largest absolute Gasteiger partial charge is 0.481 e. The molecular weight excluding hydrogens is 238 g/mol. The van der Waals surface area contributed by atoms with Gasteiger partial charge in [-0.2, -0.15) is 0 Å². The molecule has 0 radical (unpaired) electrons. The predicted octanol–water partition coefficient (Wildman–Crippen LogP) is 3.69. The number of hydrogen-bond donors (Lipinski definition) is 2. The third-order valence-corrected chi connectivity index (χ3v) is 4.07. The summed E-state index contributed by atoms with van der Waals surface area (Å²) in [5.41, 5.74) is 2.60. The highest BCUT2D eigenvalue weighted by molar-refractivity contribution is 5.67. The monoisotopic (exact) mass is 261 g/mol. The van der Waals surface area contributed by atoms with Crippen molar-refractivity contribution in [2.45, 2.75) is 51.5 Å². The second-order valence-corrected chi connectivity index (χ2v) is 5.47. The summed E-state index contributed by atoms with van der Waals surface area (Å²) >= 11 is 0. The van der Waals surface area contributed by atoms with Crippen LogP contribution >= 0.6 is 0 Å². The fraction of sp³-hybridized carbons (Fsp3) is 0.562. The van der Waals surface area contributed by atoms with Crippen LogP contribution in [0.15, 0.2) is 24.3 Å².